The van der Waals surface area contributed by atoms with Crippen molar-refractivity contribution in [3.05, 3.63) is 30.3 Å². The zero-order valence-corrected chi connectivity index (χ0v) is 19.6. The molecule has 2 unspecified atom stereocenters. The Balaban J connectivity index is 0.00000261. The first-order valence-electron chi connectivity index (χ1n) is 9.72. The lowest BCUT2D eigenvalue weighted by atomic mass is 10.1. The second-order valence-corrected chi connectivity index (χ2v) is 8.70. The summed E-state index contributed by atoms with van der Waals surface area (Å²) in [5, 5.41) is 4.08. The molecule has 2 heterocycles. The zero-order valence-electron chi connectivity index (χ0n) is 16.5. The molecule has 0 aliphatic carbocycles. The molecule has 2 aliphatic heterocycles. The van der Waals surface area contributed by atoms with Crippen LogP contribution in [0.4, 0.5) is 0 Å². The van der Waals surface area contributed by atoms with E-state index in [0.29, 0.717) is 5.25 Å². The second-order valence-electron chi connectivity index (χ2n) is 7.18. The highest BCUT2D eigenvalue weighted by Crippen LogP contribution is 2.22. The first-order chi connectivity index (χ1) is 12.7. The van der Waals surface area contributed by atoms with Crippen LogP contribution < -0.4 is 5.32 Å². The number of benzene rings is 1. The summed E-state index contributed by atoms with van der Waals surface area (Å²) in [5.41, 5.74) is 0. The van der Waals surface area contributed by atoms with Crippen molar-refractivity contribution in [3.63, 3.8) is 0 Å². The van der Waals surface area contributed by atoms with Gasteiger partial charge in [-0.3, -0.25) is 9.89 Å². The van der Waals surface area contributed by atoms with Crippen molar-refractivity contribution < 1.29 is 4.74 Å². The van der Waals surface area contributed by atoms with Crippen molar-refractivity contribution in [2.45, 2.75) is 23.5 Å². The molecule has 0 saturated carbocycles. The minimum Gasteiger partial charge on any atom is -0.379 e. The lowest BCUT2D eigenvalue weighted by molar-refractivity contribution is 0.0315. The largest absolute Gasteiger partial charge is 0.379 e. The minimum atomic E-state index is 0. The average molecular weight is 504 g/mol. The molecular weight excluding hydrogens is 471 g/mol. The van der Waals surface area contributed by atoms with Crippen LogP contribution in [0.15, 0.2) is 40.2 Å². The van der Waals surface area contributed by atoms with Crippen molar-refractivity contribution in [2.24, 2.45) is 10.9 Å². The summed E-state index contributed by atoms with van der Waals surface area (Å²) >= 11 is 1.91. The number of halogens is 1. The predicted molar refractivity (Wildman–Crippen MR) is 125 cm³/mol. The fraction of sp³-hybridized carbons (Fsp3) is 0.650. The molecule has 0 amide bonds. The highest BCUT2D eigenvalue weighted by molar-refractivity contribution is 14.0. The van der Waals surface area contributed by atoms with Gasteiger partial charge in [-0.05, 0) is 24.5 Å². The van der Waals surface area contributed by atoms with Crippen LogP contribution in [0.3, 0.4) is 0 Å². The van der Waals surface area contributed by atoms with Gasteiger partial charge >= 0.3 is 0 Å². The van der Waals surface area contributed by atoms with E-state index in [1.54, 1.807) is 0 Å². The number of rotatable bonds is 6. The standard InChI is InChI=1S/C20H32N4OS.HI/c1-17(26-19-6-4-3-5-7-19)14-22-20(21-2)24-9-8-18(16-24)15-23-10-12-25-13-11-23;/h3-7,17-18H,8-16H2,1-2H3,(H,21,22);1H. The van der Waals surface area contributed by atoms with Crippen molar-refractivity contribution in [2.75, 3.05) is 59.5 Å². The lowest BCUT2D eigenvalue weighted by Gasteiger charge is -2.29. The van der Waals surface area contributed by atoms with E-state index in [-0.39, 0.29) is 24.0 Å². The third-order valence-corrected chi connectivity index (χ3v) is 6.16. The SMILES string of the molecule is CN=C(NCC(C)Sc1ccccc1)N1CCC(CN2CCOCC2)C1.I. The summed E-state index contributed by atoms with van der Waals surface area (Å²) in [6, 6.07) is 10.6. The number of guanidine groups is 1. The van der Waals surface area contributed by atoms with Crippen LogP contribution in [0.25, 0.3) is 0 Å². The number of nitrogens with one attached hydrogen (secondary N) is 1. The van der Waals surface area contributed by atoms with E-state index in [4.69, 9.17) is 4.74 Å². The molecule has 0 radical (unpaired) electrons. The number of nitrogens with zero attached hydrogens (tertiary/aromatic N) is 3. The van der Waals surface area contributed by atoms with E-state index in [0.717, 1.165) is 57.8 Å². The lowest BCUT2D eigenvalue weighted by Crippen LogP contribution is -2.43. The van der Waals surface area contributed by atoms with E-state index >= 15 is 0 Å². The number of ether oxygens (including phenoxy) is 1. The Morgan fingerprint density at radius 2 is 2.00 bits per heavy atom. The fourth-order valence-corrected chi connectivity index (χ4v) is 4.61. The molecule has 1 aromatic rings. The van der Waals surface area contributed by atoms with Crippen molar-refractivity contribution in [1.82, 2.24) is 15.1 Å². The Labute approximate surface area is 185 Å². The number of likely N-dealkylation sites (tertiary alicyclic amines) is 1. The Bertz CT molecular complexity index is 568. The van der Waals surface area contributed by atoms with Crippen LogP contribution in [0.5, 0.6) is 0 Å². The van der Waals surface area contributed by atoms with Gasteiger partial charge in [-0.1, -0.05) is 25.1 Å². The van der Waals surface area contributed by atoms with Gasteiger partial charge in [-0.15, -0.1) is 35.7 Å². The molecule has 2 saturated heterocycles. The summed E-state index contributed by atoms with van der Waals surface area (Å²) in [6.45, 7) is 10.5. The van der Waals surface area contributed by atoms with Crippen LogP contribution in [-0.4, -0.2) is 80.5 Å². The molecule has 0 bridgehead atoms. The summed E-state index contributed by atoms with van der Waals surface area (Å²) in [4.78, 5) is 10.8. The fourth-order valence-electron chi connectivity index (χ4n) is 3.66. The number of hydrogen-bond donors (Lipinski definition) is 1. The van der Waals surface area contributed by atoms with Gasteiger partial charge in [0.25, 0.3) is 0 Å². The van der Waals surface area contributed by atoms with Gasteiger partial charge in [-0.2, -0.15) is 0 Å². The monoisotopic (exact) mass is 504 g/mol. The molecule has 152 valence electrons. The van der Waals surface area contributed by atoms with Crippen molar-refractivity contribution in [3.8, 4) is 0 Å². The Morgan fingerprint density at radius 3 is 2.70 bits per heavy atom. The van der Waals surface area contributed by atoms with Gasteiger partial charge in [0.2, 0.25) is 0 Å². The van der Waals surface area contributed by atoms with E-state index < -0.39 is 0 Å². The predicted octanol–water partition coefficient (Wildman–Crippen LogP) is 3.01. The van der Waals surface area contributed by atoms with E-state index in [2.05, 4.69) is 57.4 Å². The van der Waals surface area contributed by atoms with Crippen LogP contribution in [0.2, 0.25) is 0 Å². The molecular formula is C20H33IN4OS. The highest BCUT2D eigenvalue weighted by Gasteiger charge is 2.27. The Morgan fingerprint density at radius 1 is 1.26 bits per heavy atom. The van der Waals surface area contributed by atoms with E-state index in [9.17, 15) is 0 Å². The van der Waals surface area contributed by atoms with Gasteiger partial charge < -0.3 is 15.0 Å². The number of morpholine rings is 1. The quantitative estimate of drug-likeness (QED) is 0.279. The summed E-state index contributed by atoms with van der Waals surface area (Å²) in [6.07, 6.45) is 1.26. The Hall–Kier alpha value is -0.510. The number of thioether (sulfide) groups is 1. The van der Waals surface area contributed by atoms with Crippen LogP contribution in [0, 0.1) is 5.92 Å². The first-order valence-corrected chi connectivity index (χ1v) is 10.6. The molecule has 2 aliphatic rings. The summed E-state index contributed by atoms with van der Waals surface area (Å²) in [7, 11) is 1.90. The van der Waals surface area contributed by atoms with Gasteiger partial charge in [0, 0.05) is 56.5 Å². The third kappa shape index (κ3) is 7.44. The molecule has 3 rings (SSSR count). The second kappa shape index (κ2) is 12.1. The van der Waals surface area contributed by atoms with Crippen molar-refractivity contribution >= 4 is 41.7 Å². The molecule has 27 heavy (non-hydrogen) atoms. The van der Waals surface area contributed by atoms with Gasteiger partial charge in [-0.25, -0.2) is 0 Å². The molecule has 7 heteroatoms. The molecule has 0 spiro atoms. The maximum atomic E-state index is 5.45. The maximum Gasteiger partial charge on any atom is 0.193 e. The maximum absolute atomic E-state index is 5.45. The van der Waals surface area contributed by atoms with Gasteiger partial charge in [0.05, 0.1) is 13.2 Å². The normalized spacial score (nSPS) is 22.4. The zero-order chi connectivity index (χ0) is 18.2. The number of aliphatic imine (C=N–C) groups is 1. The molecule has 5 nitrogen and oxygen atoms in total. The first kappa shape index (κ1) is 22.8. The number of hydrogen-bond acceptors (Lipinski definition) is 4. The molecule has 1 N–H and O–H groups in total. The van der Waals surface area contributed by atoms with E-state index in [1.807, 2.05) is 18.8 Å². The topological polar surface area (TPSA) is 40.1 Å². The molecule has 2 atom stereocenters. The molecule has 0 aromatic heterocycles. The van der Waals surface area contributed by atoms with Crippen LogP contribution in [-0.2, 0) is 4.74 Å². The summed E-state index contributed by atoms with van der Waals surface area (Å²) < 4.78 is 5.45. The molecule has 1 aromatic carbocycles. The van der Waals surface area contributed by atoms with Crippen LogP contribution in [0.1, 0.15) is 13.3 Å². The Kier molecular flexibility index (Phi) is 10.2. The summed E-state index contributed by atoms with van der Waals surface area (Å²) in [5.74, 6) is 1.79. The van der Waals surface area contributed by atoms with Crippen LogP contribution >= 0.6 is 35.7 Å². The van der Waals surface area contributed by atoms with Gasteiger partial charge in [0.15, 0.2) is 5.96 Å². The van der Waals surface area contributed by atoms with Gasteiger partial charge in [0.1, 0.15) is 0 Å². The highest BCUT2D eigenvalue weighted by atomic mass is 127. The average Bonchev–Trinajstić information content (AvgIpc) is 3.12. The molecule has 2 fully saturated rings. The smallest absolute Gasteiger partial charge is 0.193 e. The van der Waals surface area contributed by atoms with Crippen molar-refractivity contribution in [1.29, 1.82) is 0 Å². The van der Waals surface area contributed by atoms with E-state index in [1.165, 1.54) is 17.9 Å². The minimum absolute atomic E-state index is 0. The third-order valence-electron chi connectivity index (χ3n) is 5.05.